The van der Waals surface area contributed by atoms with Crippen LogP contribution in [-0.2, 0) is 5.41 Å². The molecule has 0 radical (unpaired) electrons. The maximum atomic E-state index is 9.49. The van der Waals surface area contributed by atoms with Gasteiger partial charge in [-0.05, 0) is 47.5 Å². The van der Waals surface area contributed by atoms with Gasteiger partial charge in [-0.15, -0.1) is 0 Å². The lowest BCUT2D eigenvalue weighted by Gasteiger charge is -2.24. The predicted molar refractivity (Wildman–Crippen MR) is 139 cm³/mol. The van der Waals surface area contributed by atoms with Crippen molar-refractivity contribution in [2.75, 3.05) is 0 Å². The SMILES string of the molecule is [2H]c1c([2H])c([2H])c2c(c1[2H])c(C(c1c([2H])n(-c3ccccc3)c3c([2H])c([2H])c([2H])c([2H])c13)(C([2H])([2H])[2H])C([2H])([2H])[2H])c([2H])n2-c1ccccc1. The lowest BCUT2D eigenvalue weighted by atomic mass is 9.78. The average Bonchev–Trinajstić information content (AvgIpc) is 3.52. The molecule has 0 N–H and O–H groups in total. The molecular weight excluding hydrogens is 400 g/mol. The first-order chi connectivity index (χ1) is 22.8. The summed E-state index contributed by atoms with van der Waals surface area (Å²) in [6, 6.07) is 9.41. The molecule has 0 aliphatic carbocycles. The highest BCUT2D eigenvalue weighted by Crippen LogP contribution is 2.42. The van der Waals surface area contributed by atoms with Crippen LogP contribution in [0.3, 0.4) is 0 Å². The van der Waals surface area contributed by atoms with Crippen LogP contribution in [0.1, 0.15) is 46.8 Å². The first-order valence-corrected chi connectivity index (χ1v) is 10.2. The summed E-state index contributed by atoms with van der Waals surface area (Å²) < 4.78 is 144. The maximum absolute atomic E-state index is 9.49. The van der Waals surface area contributed by atoms with Gasteiger partial charge in [-0.2, -0.15) is 0 Å². The molecule has 0 saturated heterocycles. The Kier molecular flexibility index (Phi) is 2.07. The third-order valence-electron chi connectivity index (χ3n) is 5.51. The molecule has 0 aliphatic rings. The predicted octanol–water partition coefficient (Wildman–Crippen LogP) is 7.90. The van der Waals surface area contributed by atoms with E-state index in [0.29, 0.717) is 0 Å². The normalized spacial score (nSPS) is 19.6. The van der Waals surface area contributed by atoms with Crippen LogP contribution in [0.5, 0.6) is 0 Å². The molecule has 4 aromatic carbocycles. The molecule has 0 spiro atoms. The number of hydrogen-bond donors (Lipinski definition) is 0. The Morgan fingerprint density at radius 1 is 0.606 bits per heavy atom. The van der Waals surface area contributed by atoms with Crippen LogP contribution >= 0.6 is 0 Å². The zero-order chi connectivity index (χ0) is 36.1. The minimum absolute atomic E-state index is 0.151. The molecule has 2 nitrogen and oxygen atoms in total. The molecule has 2 heteroatoms. The fourth-order valence-corrected chi connectivity index (χ4v) is 3.97. The van der Waals surface area contributed by atoms with E-state index in [0.717, 1.165) is 9.13 Å². The summed E-state index contributed by atoms with van der Waals surface area (Å²) in [5, 5.41) is -1.18. The van der Waals surface area contributed by atoms with E-state index >= 15 is 0 Å². The summed E-state index contributed by atoms with van der Waals surface area (Å²) in [7, 11) is 0. The van der Waals surface area contributed by atoms with E-state index < -0.39 is 102 Å². The Morgan fingerprint density at radius 3 is 1.45 bits per heavy atom. The van der Waals surface area contributed by atoms with Crippen LogP contribution in [0.15, 0.2) is 121 Å². The van der Waals surface area contributed by atoms with Gasteiger partial charge in [-0.1, -0.05) is 86.4 Å². The van der Waals surface area contributed by atoms with Gasteiger partial charge in [0.05, 0.1) is 24.7 Å². The number of hydrogen-bond acceptors (Lipinski definition) is 0. The lowest BCUT2D eigenvalue weighted by Crippen LogP contribution is -2.18. The van der Waals surface area contributed by atoms with Gasteiger partial charge in [-0.3, -0.25) is 0 Å². The summed E-state index contributed by atoms with van der Waals surface area (Å²) in [5.41, 5.74) is -5.67. The molecule has 160 valence electrons. The Morgan fingerprint density at radius 2 is 1.03 bits per heavy atom. The van der Waals surface area contributed by atoms with Gasteiger partial charge >= 0.3 is 0 Å². The van der Waals surface area contributed by atoms with E-state index in [1.807, 2.05) is 0 Å². The molecule has 2 aromatic heterocycles. The van der Waals surface area contributed by atoms with Crippen molar-refractivity contribution in [3.05, 3.63) is 132 Å². The van der Waals surface area contributed by atoms with Gasteiger partial charge in [-0.25, -0.2) is 0 Å². The van der Waals surface area contributed by atoms with Crippen molar-refractivity contribution >= 4 is 21.8 Å². The van der Waals surface area contributed by atoms with Crippen molar-refractivity contribution in [1.82, 2.24) is 9.13 Å². The molecule has 0 atom stereocenters. The Hall–Kier alpha value is -4.04. The summed E-state index contributed by atoms with van der Waals surface area (Å²) in [6.07, 6.45) is -1.64. The largest absolute Gasteiger partial charge is 0.316 e. The van der Waals surface area contributed by atoms with Crippen LogP contribution < -0.4 is 0 Å². The summed E-state index contributed by atoms with van der Waals surface area (Å²) in [4.78, 5) is 0. The van der Waals surface area contributed by atoms with Crippen molar-refractivity contribution in [3.63, 3.8) is 0 Å². The number of fused-ring (bicyclic) bond motifs is 2. The number of nitrogens with zero attached hydrogens (tertiary/aromatic N) is 2. The lowest BCUT2D eigenvalue weighted by molar-refractivity contribution is 0.650. The smallest absolute Gasteiger partial charge is 0.0826 e. The van der Waals surface area contributed by atoms with Crippen LogP contribution in [0, 0.1) is 0 Å². The Balaban J connectivity index is 2.01. The van der Waals surface area contributed by atoms with Crippen molar-refractivity contribution in [2.45, 2.75) is 19.1 Å². The fraction of sp³-hybridized carbons (Fsp3) is 0.0968. The number of aromatic nitrogens is 2. The first kappa shape index (κ1) is 9.07. The van der Waals surface area contributed by atoms with E-state index in [9.17, 15) is 2.74 Å². The van der Waals surface area contributed by atoms with Crippen molar-refractivity contribution < 1.29 is 21.9 Å². The van der Waals surface area contributed by atoms with E-state index in [1.54, 1.807) is 36.4 Å². The minimum Gasteiger partial charge on any atom is -0.316 e. The zero-order valence-electron chi connectivity index (χ0n) is 33.2. The van der Waals surface area contributed by atoms with E-state index in [1.165, 1.54) is 24.3 Å². The molecule has 6 aromatic rings. The molecule has 33 heavy (non-hydrogen) atoms. The topological polar surface area (TPSA) is 9.86 Å². The number of benzene rings is 4. The minimum atomic E-state index is -3.73. The summed E-state index contributed by atoms with van der Waals surface area (Å²) in [6.45, 7) is -7.47. The van der Waals surface area contributed by atoms with Gasteiger partial charge in [0.2, 0.25) is 0 Å². The van der Waals surface area contributed by atoms with E-state index in [-0.39, 0.29) is 22.4 Å². The number of rotatable bonds is 4. The molecule has 0 aliphatic heterocycles. The standard InChI is InChI=1S/C31H26N2/c1-31(2,27-21-32(23-13-5-3-6-14-23)29-19-11-9-17-25(27)29)28-22-33(24-15-7-4-8-16-24)30-20-12-10-18-26(28)30/h3-22H,1-2H3/i1D3,2D3,9D,10D,11D,12D,17D,18D,19D,20D,21D,22D. The van der Waals surface area contributed by atoms with Crippen LogP contribution in [0.4, 0.5) is 0 Å². The molecule has 0 saturated carbocycles. The molecule has 2 heterocycles. The molecule has 0 unspecified atom stereocenters. The van der Waals surface area contributed by atoms with Gasteiger partial charge in [0.15, 0.2) is 0 Å². The van der Waals surface area contributed by atoms with Crippen molar-refractivity contribution in [3.8, 4) is 11.4 Å². The quantitative estimate of drug-likeness (QED) is 0.262. The summed E-state index contributed by atoms with van der Waals surface area (Å²) >= 11 is 0. The van der Waals surface area contributed by atoms with Gasteiger partial charge < -0.3 is 9.13 Å². The molecule has 0 fully saturated rings. The third kappa shape index (κ3) is 3.10. The first-order valence-electron chi connectivity index (χ1n) is 18.2. The van der Waals surface area contributed by atoms with Gasteiger partial charge in [0.1, 0.15) is 0 Å². The van der Waals surface area contributed by atoms with E-state index in [2.05, 4.69) is 0 Å². The molecular formula is C31H26N2. The van der Waals surface area contributed by atoms with Crippen LogP contribution in [-0.4, -0.2) is 9.13 Å². The maximum Gasteiger partial charge on any atom is 0.0826 e. The van der Waals surface area contributed by atoms with Gasteiger partial charge in [0, 0.05) is 48.1 Å². The highest BCUT2D eigenvalue weighted by Gasteiger charge is 2.31. The fourth-order valence-electron chi connectivity index (χ4n) is 3.97. The number of para-hydroxylation sites is 4. The average molecular weight is 443 g/mol. The van der Waals surface area contributed by atoms with E-state index in [4.69, 9.17) is 19.2 Å². The van der Waals surface area contributed by atoms with Crippen LogP contribution in [0.25, 0.3) is 33.2 Å². The highest BCUT2D eigenvalue weighted by atomic mass is 15.0. The molecule has 6 rings (SSSR count). The van der Waals surface area contributed by atoms with Crippen LogP contribution in [0.2, 0.25) is 0 Å². The molecule has 0 amide bonds. The summed E-state index contributed by atoms with van der Waals surface area (Å²) in [5.74, 6) is 0. The Bertz CT molecular complexity index is 2140. The molecule has 0 bridgehead atoms. The monoisotopic (exact) mass is 442 g/mol. The van der Waals surface area contributed by atoms with Crippen molar-refractivity contribution in [2.24, 2.45) is 0 Å². The second-order valence-corrected chi connectivity index (χ2v) is 7.51. The van der Waals surface area contributed by atoms with Gasteiger partial charge in [0.25, 0.3) is 0 Å². The Labute approximate surface area is 216 Å². The second kappa shape index (κ2) is 7.53. The van der Waals surface area contributed by atoms with Crippen molar-refractivity contribution in [1.29, 1.82) is 0 Å². The zero-order valence-corrected chi connectivity index (χ0v) is 17.2. The highest BCUT2D eigenvalue weighted by molar-refractivity contribution is 5.91. The second-order valence-electron chi connectivity index (χ2n) is 7.51. The third-order valence-corrected chi connectivity index (χ3v) is 5.51.